The van der Waals surface area contributed by atoms with Gasteiger partial charge in [-0.1, -0.05) is 37.4 Å². The van der Waals surface area contributed by atoms with E-state index in [4.69, 9.17) is 21.4 Å². The number of carbonyl (C=O) groups is 4. The molecule has 3 heterocycles. The van der Waals surface area contributed by atoms with E-state index >= 15 is 8.78 Å². The second-order valence-corrected chi connectivity index (χ2v) is 18.8. The molecule has 2 amide bonds. The van der Waals surface area contributed by atoms with Gasteiger partial charge in [-0.2, -0.15) is 49.6 Å². The van der Waals surface area contributed by atoms with Gasteiger partial charge in [-0.25, -0.2) is 18.6 Å². The summed E-state index contributed by atoms with van der Waals surface area (Å²) in [6.45, 7) is 3.65. The molecule has 1 unspecified atom stereocenters. The lowest BCUT2D eigenvalue weighted by Crippen LogP contribution is -2.35. The van der Waals surface area contributed by atoms with E-state index in [2.05, 4.69) is 32.3 Å². The molecule has 1 aliphatic carbocycles. The van der Waals surface area contributed by atoms with Crippen molar-refractivity contribution in [3.05, 3.63) is 93.0 Å². The fraction of sp³-hybridized carbons (Fsp3) is 0.426. The number of ether oxygens (including phenoxy) is 1. The van der Waals surface area contributed by atoms with Crippen molar-refractivity contribution in [2.45, 2.75) is 95.5 Å². The van der Waals surface area contributed by atoms with Gasteiger partial charge in [-0.15, -0.1) is 11.8 Å². The highest BCUT2D eigenvalue weighted by atomic mass is 35.5. The summed E-state index contributed by atoms with van der Waals surface area (Å²) in [6.07, 6.45) is -11.5. The fourth-order valence-electron chi connectivity index (χ4n) is 7.58. The number of alkyl halides is 8. The summed E-state index contributed by atoms with van der Waals surface area (Å²) in [7, 11) is 1.00. The van der Waals surface area contributed by atoms with Crippen molar-refractivity contribution in [3.63, 3.8) is 0 Å². The van der Waals surface area contributed by atoms with E-state index in [0.29, 0.717) is 27.0 Å². The molecule has 15 nitrogen and oxygen atoms in total. The molecule has 0 saturated heterocycles. The van der Waals surface area contributed by atoms with E-state index in [1.807, 2.05) is 13.8 Å². The summed E-state index contributed by atoms with van der Waals surface area (Å²) < 4.78 is 151. The first-order valence-electron chi connectivity index (χ1n) is 22.1. The van der Waals surface area contributed by atoms with E-state index in [1.54, 1.807) is 20.1 Å². The molecule has 0 radical (unpaired) electrons. The summed E-state index contributed by atoms with van der Waals surface area (Å²) >= 11 is 8.58. The van der Waals surface area contributed by atoms with Crippen LogP contribution in [0.15, 0.2) is 42.5 Å². The third kappa shape index (κ3) is 15.0. The maximum Gasteiger partial charge on any atom is 0.435 e. The van der Waals surface area contributed by atoms with E-state index < -0.39 is 144 Å². The Bertz CT molecular complexity index is 2940. The number of anilines is 1. The standard InChI is InChI=1S/C44H38ClF10N7O7S2.C2H6.CH4O/c1-41(2,70-3)12-9-24-5-6-25(26-7-8-29(45)32-34(26)61(20-43(50,51)52)59-37(32)62(71-4)40(68)69-14-11-28(38(64)65)39(66)67)33(56-24)30(17-21-15-22(46)18-23(47)16-21)57-31(63)19-60-36-27(10-13-42(36,48)49)35(58-60)44(53,54)55;2*1-2/h5-8,15-16,18,28,30H,10-11,13-14,17,19-20H2,1-4H3,(H,57,63)(H,64,65)(H,66,67);1-2H3;2H,1H3. The molecule has 75 heavy (non-hydrogen) atoms. The topological polar surface area (TPSA) is 202 Å². The minimum atomic E-state index is -5.19. The van der Waals surface area contributed by atoms with Gasteiger partial charge in [0.05, 0.1) is 39.0 Å². The SMILES string of the molecule is CC.CO.CSN(C(=O)OCCC(C(=O)O)C(=O)O)c1nn(CC(F)(F)F)c2c(-c3ccc(C#CC(C)(C)SC)nc3C(Cc3cc(F)cc(F)c3)NC(=O)Cn3nc(C(F)(F)F)c4c3C(F)(F)CC4)ccc(Cl)c12. The number of carboxylic acids is 2. The van der Waals surface area contributed by atoms with Gasteiger partial charge in [-0.3, -0.25) is 23.7 Å². The van der Waals surface area contributed by atoms with Crippen LogP contribution in [-0.4, -0.2) is 101 Å². The monoisotopic (exact) mass is 1130 g/mol. The number of rotatable bonds is 16. The Balaban J connectivity index is 0.00000297. The predicted molar refractivity (Wildman–Crippen MR) is 259 cm³/mol. The summed E-state index contributed by atoms with van der Waals surface area (Å²) in [4.78, 5) is 55.0. The molecular formula is C47H48ClF10N7O8S2. The van der Waals surface area contributed by atoms with Crippen molar-refractivity contribution in [2.24, 2.45) is 5.92 Å². The highest BCUT2D eigenvalue weighted by molar-refractivity contribution is 8.00. The molecule has 0 saturated carbocycles. The zero-order valence-corrected chi connectivity index (χ0v) is 43.1. The van der Waals surface area contributed by atoms with Crippen LogP contribution >= 0.6 is 35.3 Å². The molecule has 28 heteroatoms. The Labute approximate surface area is 435 Å². The molecule has 1 aliphatic rings. The largest absolute Gasteiger partial charge is 0.481 e. The number of thioether (sulfide) groups is 1. The van der Waals surface area contributed by atoms with Crippen molar-refractivity contribution in [2.75, 3.05) is 30.5 Å². The van der Waals surface area contributed by atoms with Crippen molar-refractivity contribution in [1.82, 2.24) is 29.9 Å². The number of aliphatic hydroxyl groups excluding tert-OH is 1. The van der Waals surface area contributed by atoms with Crippen molar-refractivity contribution in [3.8, 4) is 23.0 Å². The number of carbonyl (C=O) groups excluding carboxylic acids is 2. The zero-order chi connectivity index (χ0) is 56.5. The molecule has 2 aromatic carbocycles. The third-order valence-electron chi connectivity index (χ3n) is 10.8. The molecule has 5 aromatic rings. The minimum Gasteiger partial charge on any atom is -0.481 e. The number of nitrogens with zero attached hydrogens (tertiary/aromatic N) is 6. The number of aromatic nitrogens is 5. The molecule has 3 aromatic heterocycles. The van der Waals surface area contributed by atoms with Crippen molar-refractivity contribution >= 4 is 76.0 Å². The smallest absolute Gasteiger partial charge is 0.435 e. The van der Waals surface area contributed by atoms with Crippen LogP contribution in [0.25, 0.3) is 22.0 Å². The molecule has 0 bridgehead atoms. The van der Waals surface area contributed by atoms with Gasteiger partial charge in [0.1, 0.15) is 36.1 Å². The highest BCUT2D eigenvalue weighted by Gasteiger charge is 2.50. The Morgan fingerprint density at radius 3 is 2.11 bits per heavy atom. The van der Waals surface area contributed by atoms with Gasteiger partial charge in [0.2, 0.25) is 5.91 Å². The lowest BCUT2D eigenvalue weighted by molar-refractivity contribution is -0.155. The van der Waals surface area contributed by atoms with E-state index in [1.165, 1.54) is 42.3 Å². The quantitative estimate of drug-likeness (QED) is 0.0315. The number of aliphatic hydroxyl groups is 1. The Hall–Kier alpha value is -6.24. The first kappa shape index (κ1) is 61.3. The first-order valence-corrected chi connectivity index (χ1v) is 24.9. The number of hydrogen-bond donors (Lipinski definition) is 4. The maximum absolute atomic E-state index is 15.1. The van der Waals surface area contributed by atoms with Gasteiger partial charge < -0.3 is 25.4 Å². The van der Waals surface area contributed by atoms with Gasteiger partial charge in [-0.05, 0) is 86.7 Å². The third-order valence-corrected chi connectivity index (χ3v) is 12.9. The van der Waals surface area contributed by atoms with Crippen molar-refractivity contribution in [1.29, 1.82) is 0 Å². The van der Waals surface area contributed by atoms with Crippen LogP contribution in [0.3, 0.4) is 0 Å². The van der Waals surface area contributed by atoms with Crippen LogP contribution in [0.5, 0.6) is 0 Å². The Kier molecular flexibility index (Phi) is 20.5. The number of nitrogens with one attached hydrogen (secondary N) is 1. The average molecular weight is 1130 g/mol. The second kappa shape index (κ2) is 25.1. The van der Waals surface area contributed by atoms with Gasteiger partial charge in [0.25, 0.3) is 5.92 Å². The molecule has 0 spiro atoms. The molecule has 1 atom stereocenters. The number of carboxylic acid groups (broad SMARTS) is 2. The molecular weight excluding hydrogens is 1080 g/mol. The maximum atomic E-state index is 15.1. The predicted octanol–water partition coefficient (Wildman–Crippen LogP) is 10.5. The summed E-state index contributed by atoms with van der Waals surface area (Å²) in [6, 6.07) is 5.69. The number of benzene rings is 2. The summed E-state index contributed by atoms with van der Waals surface area (Å²) in [5, 5.41) is 34.8. The highest BCUT2D eigenvalue weighted by Crippen LogP contribution is 2.47. The van der Waals surface area contributed by atoms with Crippen LogP contribution in [0.1, 0.15) is 80.5 Å². The van der Waals surface area contributed by atoms with Crippen LogP contribution in [0.2, 0.25) is 5.02 Å². The van der Waals surface area contributed by atoms with Gasteiger partial charge in [0.15, 0.2) is 17.4 Å². The number of hydrogen-bond acceptors (Lipinski definition) is 11. The fourth-order valence-corrected chi connectivity index (χ4v) is 8.47. The Morgan fingerprint density at radius 2 is 1.55 bits per heavy atom. The molecule has 0 aliphatic heterocycles. The average Bonchev–Trinajstić information content (AvgIpc) is 3.99. The Morgan fingerprint density at radius 1 is 0.933 bits per heavy atom. The number of fused-ring (bicyclic) bond motifs is 2. The number of aliphatic carboxylic acids is 2. The minimum absolute atomic E-state index is 0.0334. The normalized spacial score (nSPS) is 13.4. The lowest BCUT2D eigenvalue weighted by Gasteiger charge is -2.23. The van der Waals surface area contributed by atoms with E-state index in [-0.39, 0.29) is 43.2 Å². The number of halogens is 11. The first-order chi connectivity index (χ1) is 35.0. The van der Waals surface area contributed by atoms with E-state index in [0.717, 1.165) is 19.2 Å². The summed E-state index contributed by atoms with van der Waals surface area (Å²) in [5.74, 6) is -7.43. The van der Waals surface area contributed by atoms with Gasteiger partial charge >= 0.3 is 30.4 Å². The summed E-state index contributed by atoms with van der Waals surface area (Å²) in [5.41, 5.74) is -4.85. The van der Waals surface area contributed by atoms with Gasteiger partial charge in [0, 0.05) is 49.0 Å². The molecule has 6 rings (SSSR count). The molecule has 4 N–H and O–H groups in total. The lowest BCUT2D eigenvalue weighted by atomic mass is 9.93. The molecule has 0 fully saturated rings. The van der Waals surface area contributed by atoms with Crippen LogP contribution < -0.4 is 9.62 Å². The molecule has 408 valence electrons. The van der Waals surface area contributed by atoms with Crippen LogP contribution in [0, 0.1) is 29.4 Å². The van der Waals surface area contributed by atoms with Crippen LogP contribution in [0.4, 0.5) is 54.5 Å². The van der Waals surface area contributed by atoms with E-state index in [9.17, 15) is 64.5 Å². The number of pyridine rings is 1. The van der Waals surface area contributed by atoms with Crippen molar-refractivity contribution < 1.29 is 83.1 Å². The second-order valence-electron chi connectivity index (χ2n) is 16.3. The zero-order valence-electron chi connectivity index (χ0n) is 40.7. The number of amides is 2. The van der Waals surface area contributed by atoms with Crippen LogP contribution in [-0.2, 0) is 57.2 Å².